The number of anilines is 2. The molecule has 0 unspecified atom stereocenters. The zero-order valence-corrected chi connectivity index (χ0v) is 19.6. The minimum atomic E-state index is -0.155. The summed E-state index contributed by atoms with van der Waals surface area (Å²) in [5.74, 6) is 0.552. The number of aromatic nitrogens is 3. The number of nitrogens with one attached hydrogen (secondary N) is 1. The van der Waals surface area contributed by atoms with Crippen molar-refractivity contribution < 1.29 is 9.53 Å². The van der Waals surface area contributed by atoms with Crippen molar-refractivity contribution in [1.82, 2.24) is 19.9 Å². The molecule has 0 radical (unpaired) electrons. The molecule has 34 heavy (non-hydrogen) atoms. The molecule has 1 amide bonds. The van der Waals surface area contributed by atoms with E-state index in [2.05, 4.69) is 26.3 Å². The van der Waals surface area contributed by atoms with Gasteiger partial charge in [-0.1, -0.05) is 30.0 Å². The van der Waals surface area contributed by atoms with Crippen LogP contribution in [0.25, 0.3) is 11.3 Å². The number of amides is 1. The Morgan fingerprint density at radius 1 is 1.15 bits per heavy atom. The molecule has 1 fully saturated rings. The van der Waals surface area contributed by atoms with Gasteiger partial charge in [-0.3, -0.25) is 14.7 Å². The molecule has 4 rings (SSSR count). The van der Waals surface area contributed by atoms with Gasteiger partial charge in [-0.15, -0.1) is 0 Å². The van der Waals surface area contributed by atoms with Gasteiger partial charge in [0, 0.05) is 43.6 Å². The van der Waals surface area contributed by atoms with Crippen LogP contribution in [0.2, 0.25) is 0 Å². The molecule has 3 heterocycles. The molecule has 9 nitrogen and oxygen atoms in total. The van der Waals surface area contributed by atoms with Crippen LogP contribution < -0.4 is 11.1 Å². The molecule has 3 N–H and O–H groups in total. The summed E-state index contributed by atoms with van der Waals surface area (Å²) in [4.78, 5) is 27.3. The number of nitrogens with zero attached hydrogens (tertiary/aromatic N) is 5. The monoisotopic (exact) mass is 475 g/mol. The average molecular weight is 476 g/mol. The third-order valence-electron chi connectivity index (χ3n) is 5.21. The normalized spacial score (nSPS) is 13.9. The van der Waals surface area contributed by atoms with Crippen molar-refractivity contribution in [2.75, 3.05) is 37.4 Å². The Labute approximate surface area is 202 Å². The van der Waals surface area contributed by atoms with Crippen molar-refractivity contribution in [1.29, 1.82) is 5.26 Å². The highest BCUT2D eigenvalue weighted by molar-refractivity contribution is 7.98. The Kier molecular flexibility index (Phi) is 7.69. The molecule has 174 valence electrons. The van der Waals surface area contributed by atoms with Gasteiger partial charge in [-0.05, 0) is 24.3 Å². The maximum absolute atomic E-state index is 11.3. The Balaban J connectivity index is 1.50. The molecular formula is C24H25N7O2S. The topological polar surface area (TPSA) is 130 Å². The van der Waals surface area contributed by atoms with Crippen LogP contribution in [0.3, 0.4) is 0 Å². The molecule has 0 aliphatic carbocycles. The first-order valence-corrected chi connectivity index (χ1v) is 11.8. The lowest BCUT2D eigenvalue weighted by Crippen LogP contribution is -2.35. The maximum atomic E-state index is 11.3. The van der Waals surface area contributed by atoms with Crippen molar-refractivity contribution in [3.8, 4) is 17.3 Å². The summed E-state index contributed by atoms with van der Waals surface area (Å²) in [6.45, 7) is 5.57. The number of pyridine rings is 1. The second kappa shape index (κ2) is 11.1. The van der Waals surface area contributed by atoms with Crippen molar-refractivity contribution in [2.24, 2.45) is 0 Å². The highest BCUT2D eigenvalue weighted by Gasteiger charge is 2.16. The number of nitriles is 1. The molecule has 3 aromatic rings. The Bertz CT molecular complexity index is 1200. The SMILES string of the molecule is CC(=O)Nc1ccc(-c2nc(SCc3cccc(CN4CCOCC4)n3)nc(N)c2C#N)cc1. The van der Waals surface area contributed by atoms with E-state index in [1.165, 1.54) is 18.7 Å². The number of nitrogens with two attached hydrogens (primary N) is 1. The van der Waals surface area contributed by atoms with Gasteiger partial charge in [0.25, 0.3) is 0 Å². The van der Waals surface area contributed by atoms with Gasteiger partial charge in [0.15, 0.2) is 5.16 Å². The van der Waals surface area contributed by atoms with Gasteiger partial charge in [0.1, 0.15) is 17.5 Å². The van der Waals surface area contributed by atoms with E-state index in [1.807, 2.05) is 18.2 Å². The summed E-state index contributed by atoms with van der Waals surface area (Å²) in [5.41, 5.74) is 10.1. The van der Waals surface area contributed by atoms with Gasteiger partial charge in [0.2, 0.25) is 5.91 Å². The van der Waals surface area contributed by atoms with E-state index < -0.39 is 0 Å². The molecule has 1 aromatic carbocycles. The van der Waals surface area contributed by atoms with Crippen LogP contribution in [-0.2, 0) is 21.8 Å². The number of ether oxygens (including phenoxy) is 1. The molecule has 10 heteroatoms. The van der Waals surface area contributed by atoms with Crippen LogP contribution in [0.15, 0.2) is 47.6 Å². The average Bonchev–Trinajstić information content (AvgIpc) is 2.83. The number of thioether (sulfide) groups is 1. The molecule has 0 atom stereocenters. The second-order valence-corrected chi connectivity index (χ2v) is 8.73. The molecule has 1 saturated heterocycles. The standard InChI is InChI=1S/C24H25N7O2S/c1-16(32)27-18-7-5-17(6-8-18)22-21(13-25)23(26)30-24(29-22)34-15-20-4-2-3-19(28-20)14-31-9-11-33-12-10-31/h2-8H,9-12,14-15H2,1H3,(H,27,32)(H2,26,29,30). The van der Waals surface area contributed by atoms with Crippen LogP contribution in [0, 0.1) is 11.3 Å². The van der Waals surface area contributed by atoms with Gasteiger partial charge < -0.3 is 15.8 Å². The van der Waals surface area contributed by atoms with Crippen molar-refractivity contribution in [3.05, 3.63) is 59.4 Å². The van der Waals surface area contributed by atoms with Crippen molar-refractivity contribution in [2.45, 2.75) is 24.4 Å². The fourth-order valence-corrected chi connectivity index (χ4v) is 4.34. The minimum Gasteiger partial charge on any atom is -0.382 e. The van der Waals surface area contributed by atoms with E-state index in [4.69, 9.17) is 15.5 Å². The predicted octanol–water partition coefficient (Wildman–Crippen LogP) is 3.08. The van der Waals surface area contributed by atoms with Gasteiger partial charge >= 0.3 is 0 Å². The number of hydrogen-bond acceptors (Lipinski definition) is 9. The molecule has 1 aliphatic heterocycles. The molecule has 2 aromatic heterocycles. The molecule has 1 aliphatic rings. The number of rotatable bonds is 7. The van der Waals surface area contributed by atoms with Gasteiger partial charge in [-0.2, -0.15) is 5.26 Å². The molecular weight excluding hydrogens is 450 g/mol. The molecule has 0 saturated carbocycles. The first-order chi connectivity index (χ1) is 16.5. The first kappa shape index (κ1) is 23.6. The van der Waals surface area contributed by atoms with E-state index in [9.17, 15) is 10.1 Å². The zero-order chi connectivity index (χ0) is 23.9. The quantitative estimate of drug-likeness (QED) is 0.391. The van der Waals surface area contributed by atoms with Gasteiger partial charge in [-0.25, -0.2) is 9.97 Å². The van der Waals surface area contributed by atoms with E-state index in [0.29, 0.717) is 27.9 Å². The number of carbonyl (C=O) groups is 1. The largest absolute Gasteiger partial charge is 0.382 e. The lowest BCUT2D eigenvalue weighted by atomic mass is 10.1. The van der Waals surface area contributed by atoms with Crippen molar-refractivity contribution >= 4 is 29.2 Å². The predicted molar refractivity (Wildman–Crippen MR) is 131 cm³/mol. The molecule has 0 bridgehead atoms. The second-order valence-electron chi connectivity index (χ2n) is 7.78. The lowest BCUT2D eigenvalue weighted by Gasteiger charge is -2.26. The summed E-state index contributed by atoms with van der Waals surface area (Å²) < 4.78 is 5.41. The smallest absolute Gasteiger partial charge is 0.221 e. The Hall–Kier alpha value is -3.52. The van der Waals surface area contributed by atoms with E-state index in [0.717, 1.165) is 44.2 Å². The summed E-state index contributed by atoms with van der Waals surface area (Å²) in [5, 5.41) is 12.8. The Morgan fingerprint density at radius 2 is 1.88 bits per heavy atom. The molecule has 0 spiro atoms. The number of hydrogen-bond donors (Lipinski definition) is 2. The fourth-order valence-electron chi connectivity index (χ4n) is 3.58. The van der Waals surface area contributed by atoms with Crippen LogP contribution in [0.5, 0.6) is 0 Å². The van der Waals surface area contributed by atoms with Crippen molar-refractivity contribution in [3.63, 3.8) is 0 Å². The van der Waals surface area contributed by atoms with Crippen LogP contribution >= 0.6 is 11.8 Å². The van der Waals surface area contributed by atoms with Crippen LogP contribution in [0.4, 0.5) is 11.5 Å². The third kappa shape index (κ3) is 6.08. The number of nitrogen functional groups attached to an aromatic ring is 1. The van der Waals surface area contributed by atoms with E-state index >= 15 is 0 Å². The van der Waals surface area contributed by atoms with E-state index in [-0.39, 0.29) is 17.3 Å². The number of morpholine rings is 1. The Morgan fingerprint density at radius 3 is 2.59 bits per heavy atom. The van der Waals surface area contributed by atoms with Crippen LogP contribution in [0.1, 0.15) is 23.9 Å². The maximum Gasteiger partial charge on any atom is 0.221 e. The first-order valence-electron chi connectivity index (χ1n) is 10.8. The minimum absolute atomic E-state index is 0.134. The highest BCUT2D eigenvalue weighted by Crippen LogP contribution is 2.29. The van der Waals surface area contributed by atoms with E-state index in [1.54, 1.807) is 24.3 Å². The summed E-state index contributed by atoms with van der Waals surface area (Å²) in [6.07, 6.45) is 0. The summed E-state index contributed by atoms with van der Waals surface area (Å²) in [7, 11) is 0. The summed E-state index contributed by atoms with van der Waals surface area (Å²) in [6, 6.07) is 15.2. The third-order valence-corrected chi connectivity index (χ3v) is 6.09. The highest BCUT2D eigenvalue weighted by atomic mass is 32.2. The lowest BCUT2D eigenvalue weighted by molar-refractivity contribution is -0.114. The number of carbonyl (C=O) groups excluding carboxylic acids is 1. The van der Waals surface area contributed by atoms with Gasteiger partial charge in [0.05, 0.1) is 30.3 Å². The summed E-state index contributed by atoms with van der Waals surface area (Å²) >= 11 is 1.42. The van der Waals surface area contributed by atoms with Crippen LogP contribution in [-0.4, -0.2) is 52.1 Å². The number of benzene rings is 1. The zero-order valence-electron chi connectivity index (χ0n) is 18.8. The fraction of sp³-hybridized carbons (Fsp3) is 0.292.